The molecular formula is C8H10O3. The minimum absolute atomic E-state index is 0.0175. The normalized spacial score (nSPS) is 41.8. The highest BCUT2D eigenvalue weighted by atomic mass is 16.6. The predicted octanol–water partition coefficient (Wildman–Crippen LogP) is 0.527. The standard InChI is InChI=1S/C8H10O3/c9-4-5-1-6-3-7(2-5)11-8(6)10/h4-7H,1-3H2. The first-order chi connectivity index (χ1) is 5.29. The molecule has 0 aromatic carbocycles. The molecule has 11 heavy (non-hydrogen) atoms. The lowest BCUT2D eigenvalue weighted by molar-refractivity contribution is -0.143. The molecule has 3 atom stereocenters. The summed E-state index contributed by atoms with van der Waals surface area (Å²) in [4.78, 5) is 21.4. The van der Waals surface area contributed by atoms with Crippen molar-refractivity contribution in [1.82, 2.24) is 0 Å². The van der Waals surface area contributed by atoms with Crippen molar-refractivity contribution in [3.63, 3.8) is 0 Å². The number of hydrogen-bond acceptors (Lipinski definition) is 3. The second-order valence-electron chi connectivity index (χ2n) is 3.36. The average Bonchev–Trinajstić information content (AvgIpc) is 2.26. The molecular weight excluding hydrogens is 144 g/mol. The van der Waals surface area contributed by atoms with Crippen LogP contribution in [0.5, 0.6) is 0 Å². The molecule has 2 rings (SSSR count). The Kier molecular flexibility index (Phi) is 1.44. The van der Waals surface area contributed by atoms with Crippen molar-refractivity contribution in [3.05, 3.63) is 0 Å². The zero-order valence-corrected chi connectivity index (χ0v) is 6.16. The van der Waals surface area contributed by atoms with Gasteiger partial charge in [-0.1, -0.05) is 0 Å². The van der Waals surface area contributed by atoms with E-state index in [0.717, 1.165) is 19.1 Å². The van der Waals surface area contributed by atoms with Crippen LogP contribution in [0.25, 0.3) is 0 Å². The Labute approximate surface area is 64.7 Å². The average molecular weight is 154 g/mol. The summed E-state index contributed by atoms with van der Waals surface area (Å²) in [7, 11) is 0. The maximum Gasteiger partial charge on any atom is 0.309 e. The molecule has 60 valence electrons. The minimum atomic E-state index is -0.0978. The van der Waals surface area contributed by atoms with Crippen molar-refractivity contribution in [2.75, 3.05) is 0 Å². The Bertz CT molecular complexity index is 200. The Balaban J connectivity index is 2.11. The van der Waals surface area contributed by atoms with E-state index in [1.165, 1.54) is 0 Å². The van der Waals surface area contributed by atoms with Gasteiger partial charge in [-0.3, -0.25) is 4.79 Å². The van der Waals surface area contributed by atoms with Crippen molar-refractivity contribution in [2.24, 2.45) is 11.8 Å². The third-order valence-corrected chi connectivity index (χ3v) is 2.51. The fourth-order valence-corrected chi connectivity index (χ4v) is 1.97. The molecule has 2 bridgehead atoms. The Morgan fingerprint density at radius 2 is 2.18 bits per heavy atom. The number of esters is 1. The van der Waals surface area contributed by atoms with E-state index in [2.05, 4.69) is 0 Å². The first-order valence-electron chi connectivity index (χ1n) is 3.95. The van der Waals surface area contributed by atoms with Crippen molar-refractivity contribution in [1.29, 1.82) is 0 Å². The van der Waals surface area contributed by atoms with Crippen LogP contribution < -0.4 is 0 Å². The van der Waals surface area contributed by atoms with Crippen LogP contribution in [-0.2, 0) is 14.3 Å². The van der Waals surface area contributed by atoms with Gasteiger partial charge in [0, 0.05) is 5.92 Å². The third kappa shape index (κ3) is 1.04. The van der Waals surface area contributed by atoms with E-state index >= 15 is 0 Å². The monoisotopic (exact) mass is 154 g/mol. The number of rotatable bonds is 1. The molecule has 2 aliphatic rings. The van der Waals surface area contributed by atoms with Crippen LogP contribution in [-0.4, -0.2) is 18.4 Å². The van der Waals surface area contributed by atoms with Crippen LogP contribution >= 0.6 is 0 Å². The fraction of sp³-hybridized carbons (Fsp3) is 0.750. The highest BCUT2D eigenvalue weighted by Crippen LogP contribution is 2.36. The lowest BCUT2D eigenvalue weighted by Crippen LogP contribution is -2.20. The van der Waals surface area contributed by atoms with Gasteiger partial charge in [-0.2, -0.15) is 0 Å². The zero-order valence-electron chi connectivity index (χ0n) is 6.16. The molecule has 0 N–H and O–H groups in total. The summed E-state index contributed by atoms with van der Waals surface area (Å²) in [6.45, 7) is 0. The maximum absolute atomic E-state index is 11.0. The summed E-state index contributed by atoms with van der Waals surface area (Å²) in [6.07, 6.45) is 3.27. The quantitative estimate of drug-likeness (QED) is 0.408. The number of fused-ring (bicyclic) bond motifs is 2. The van der Waals surface area contributed by atoms with E-state index in [4.69, 9.17) is 4.74 Å². The molecule has 3 heteroatoms. The first kappa shape index (κ1) is 6.83. The van der Waals surface area contributed by atoms with E-state index in [1.807, 2.05) is 0 Å². The molecule has 1 aliphatic heterocycles. The summed E-state index contributed by atoms with van der Waals surface area (Å²) in [6, 6.07) is 0. The number of hydrogen-bond donors (Lipinski definition) is 0. The molecule has 1 saturated heterocycles. The lowest BCUT2D eigenvalue weighted by Gasteiger charge is -2.18. The van der Waals surface area contributed by atoms with E-state index in [9.17, 15) is 9.59 Å². The fourth-order valence-electron chi connectivity index (χ4n) is 1.97. The molecule has 1 saturated carbocycles. The molecule has 0 radical (unpaired) electrons. The van der Waals surface area contributed by atoms with E-state index in [0.29, 0.717) is 6.42 Å². The summed E-state index contributed by atoms with van der Waals surface area (Å²) in [5, 5.41) is 0. The van der Waals surface area contributed by atoms with Gasteiger partial charge in [-0.05, 0) is 19.3 Å². The van der Waals surface area contributed by atoms with Gasteiger partial charge in [-0.25, -0.2) is 0 Å². The van der Waals surface area contributed by atoms with Gasteiger partial charge in [0.2, 0.25) is 0 Å². The van der Waals surface area contributed by atoms with Gasteiger partial charge in [0.05, 0.1) is 5.92 Å². The predicted molar refractivity (Wildman–Crippen MR) is 36.8 cm³/mol. The summed E-state index contributed by atoms with van der Waals surface area (Å²) in [5.74, 6) is -0.0199. The Hall–Kier alpha value is -0.860. The highest BCUT2D eigenvalue weighted by molar-refractivity contribution is 5.76. The SMILES string of the molecule is O=CC1CC2CC(C1)C(=O)O2. The largest absolute Gasteiger partial charge is 0.462 e. The molecule has 0 spiro atoms. The van der Waals surface area contributed by atoms with Crippen molar-refractivity contribution in [3.8, 4) is 0 Å². The van der Waals surface area contributed by atoms with Crippen LogP contribution in [0.2, 0.25) is 0 Å². The van der Waals surface area contributed by atoms with Gasteiger partial charge >= 0.3 is 5.97 Å². The van der Waals surface area contributed by atoms with Gasteiger partial charge in [0.15, 0.2) is 0 Å². The van der Waals surface area contributed by atoms with Gasteiger partial charge in [0.25, 0.3) is 0 Å². The van der Waals surface area contributed by atoms with E-state index < -0.39 is 0 Å². The van der Waals surface area contributed by atoms with Crippen LogP contribution in [0.1, 0.15) is 19.3 Å². The second kappa shape index (κ2) is 2.32. The molecule has 3 nitrogen and oxygen atoms in total. The lowest BCUT2D eigenvalue weighted by atomic mass is 9.83. The maximum atomic E-state index is 11.0. The zero-order chi connectivity index (χ0) is 7.84. The number of carbonyl (C=O) groups excluding carboxylic acids is 2. The van der Waals surface area contributed by atoms with Crippen LogP contribution in [0.4, 0.5) is 0 Å². The molecule has 0 amide bonds. The van der Waals surface area contributed by atoms with Crippen molar-refractivity contribution >= 4 is 12.3 Å². The van der Waals surface area contributed by atoms with Gasteiger partial charge in [0.1, 0.15) is 12.4 Å². The first-order valence-corrected chi connectivity index (χ1v) is 3.95. The van der Waals surface area contributed by atoms with Crippen LogP contribution in [0.15, 0.2) is 0 Å². The molecule has 3 unspecified atom stereocenters. The number of aldehydes is 1. The molecule has 1 aliphatic carbocycles. The van der Waals surface area contributed by atoms with Crippen molar-refractivity contribution < 1.29 is 14.3 Å². The molecule has 1 heterocycles. The summed E-state index contributed by atoms with van der Waals surface area (Å²) < 4.78 is 5.02. The van der Waals surface area contributed by atoms with Crippen molar-refractivity contribution in [2.45, 2.75) is 25.4 Å². The second-order valence-corrected chi connectivity index (χ2v) is 3.36. The summed E-state index contributed by atoms with van der Waals surface area (Å²) in [5.41, 5.74) is 0. The van der Waals surface area contributed by atoms with Crippen LogP contribution in [0.3, 0.4) is 0 Å². The Morgan fingerprint density at radius 1 is 1.36 bits per heavy atom. The smallest absolute Gasteiger partial charge is 0.309 e. The minimum Gasteiger partial charge on any atom is -0.462 e. The summed E-state index contributed by atoms with van der Waals surface area (Å²) >= 11 is 0. The molecule has 2 fully saturated rings. The van der Waals surface area contributed by atoms with E-state index in [-0.39, 0.29) is 23.9 Å². The molecule has 0 aromatic rings. The molecule has 0 aromatic heterocycles. The number of ether oxygens (including phenoxy) is 1. The van der Waals surface area contributed by atoms with Gasteiger partial charge < -0.3 is 9.53 Å². The topological polar surface area (TPSA) is 43.4 Å². The third-order valence-electron chi connectivity index (χ3n) is 2.51. The highest BCUT2D eigenvalue weighted by Gasteiger charge is 2.41. The van der Waals surface area contributed by atoms with Crippen LogP contribution in [0, 0.1) is 11.8 Å². The Morgan fingerprint density at radius 3 is 2.82 bits per heavy atom. The number of carbonyl (C=O) groups is 2. The van der Waals surface area contributed by atoms with E-state index in [1.54, 1.807) is 0 Å². The van der Waals surface area contributed by atoms with Gasteiger partial charge in [-0.15, -0.1) is 0 Å².